The van der Waals surface area contributed by atoms with E-state index in [-0.39, 0.29) is 11.3 Å². The first-order chi connectivity index (χ1) is 19.9. The van der Waals surface area contributed by atoms with Crippen LogP contribution >= 0.6 is 11.6 Å². The molecule has 4 aromatic rings. The van der Waals surface area contributed by atoms with Crippen LogP contribution in [0.1, 0.15) is 23.6 Å². The molecule has 0 aliphatic carbocycles. The maximum Gasteiger partial charge on any atom is 0.230 e. The first kappa shape index (κ1) is 27.8. The number of hydrazone groups is 1. The Labute approximate surface area is 241 Å². The van der Waals surface area contributed by atoms with E-state index in [9.17, 15) is 4.79 Å². The molecule has 1 amide bonds. The number of nitrogens with one attached hydrogen (secondary N) is 1. The van der Waals surface area contributed by atoms with Gasteiger partial charge < -0.3 is 29.0 Å². The van der Waals surface area contributed by atoms with Crippen LogP contribution in [0.3, 0.4) is 0 Å². The third-order valence-corrected chi connectivity index (χ3v) is 6.92. The summed E-state index contributed by atoms with van der Waals surface area (Å²) in [7, 11) is 7.76. The van der Waals surface area contributed by atoms with E-state index < -0.39 is 0 Å². The normalized spacial score (nSPS) is 14.4. The zero-order valence-corrected chi connectivity index (χ0v) is 23.9. The van der Waals surface area contributed by atoms with Crippen molar-refractivity contribution in [3.8, 4) is 28.7 Å². The zero-order valence-electron chi connectivity index (χ0n) is 23.1. The van der Waals surface area contributed by atoms with E-state index >= 15 is 0 Å². The molecule has 1 atom stereocenters. The maximum absolute atomic E-state index is 12.0. The Hall–Kier alpha value is -4.77. The van der Waals surface area contributed by atoms with Gasteiger partial charge in [-0.3, -0.25) is 4.79 Å². The van der Waals surface area contributed by atoms with Gasteiger partial charge in [-0.15, -0.1) is 0 Å². The monoisotopic (exact) mass is 577 g/mol. The first-order valence-corrected chi connectivity index (χ1v) is 12.9. The molecular formula is C29H28ClN5O6. The van der Waals surface area contributed by atoms with E-state index in [1.807, 2.05) is 36.4 Å². The molecule has 1 unspecified atom stereocenters. The molecule has 5 rings (SSSR count). The summed E-state index contributed by atoms with van der Waals surface area (Å²) in [6.07, 6.45) is 1.18. The predicted molar refractivity (Wildman–Crippen MR) is 155 cm³/mol. The molecular weight excluding hydrogens is 550 g/mol. The third-order valence-electron chi connectivity index (χ3n) is 6.75. The number of carbonyl (C=O) groups is 1. The number of hydrogen-bond acceptors (Lipinski definition) is 10. The Bertz CT molecular complexity index is 1620. The summed E-state index contributed by atoms with van der Waals surface area (Å²) in [6.45, 7) is 0. The minimum Gasteiger partial charge on any atom is -0.493 e. The van der Waals surface area contributed by atoms with Crippen LogP contribution < -0.4 is 29.0 Å². The summed E-state index contributed by atoms with van der Waals surface area (Å²) >= 11 is 6.24. The van der Waals surface area contributed by atoms with Crippen LogP contribution in [-0.2, 0) is 4.79 Å². The van der Waals surface area contributed by atoms with E-state index in [4.69, 9.17) is 35.3 Å². The Morgan fingerprint density at radius 2 is 1.56 bits per heavy atom. The van der Waals surface area contributed by atoms with E-state index in [2.05, 4.69) is 20.4 Å². The molecule has 0 fully saturated rings. The van der Waals surface area contributed by atoms with Crippen molar-refractivity contribution < 1.29 is 28.5 Å². The standard InChI is InChI=1S/C29H28ClN5O6/c1-37-23-12-19-21(14-24(23)38-2)32-29(30)33-28(19)31-18-8-6-7-16(9-18)20-13-22(35(15-36)34-20)17-10-25(39-3)27(41-5)26(11-17)40-4/h6-12,14-15,22H,13H2,1-5H3,(H,31,32,33). The van der Waals surface area contributed by atoms with Gasteiger partial charge in [-0.05, 0) is 53.1 Å². The van der Waals surface area contributed by atoms with Crippen molar-refractivity contribution in [1.29, 1.82) is 0 Å². The van der Waals surface area contributed by atoms with E-state index in [1.165, 1.54) is 5.01 Å². The minimum atomic E-state index is -0.361. The highest BCUT2D eigenvalue weighted by Gasteiger charge is 2.30. The molecule has 0 bridgehead atoms. The van der Waals surface area contributed by atoms with Crippen LogP contribution in [0.2, 0.25) is 5.28 Å². The molecule has 1 N–H and O–H groups in total. The second kappa shape index (κ2) is 11.8. The molecule has 1 aromatic heterocycles. The number of rotatable bonds is 10. The summed E-state index contributed by atoms with van der Waals surface area (Å²) in [5, 5.41) is 10.1. The van der Waals surface area contributed by atoms with Crippen molar-refractivity contribution in [2.45, 2.75) is 12.5 Å². The second-order valence-corrected chi connectivity index (χ2v) is 9.32. The summed E-state index contributed by atoms with van der Waals surface area (Å²) in [6, 6.07) is 14.5. The highest BCUT2D eigenvalue weighted by molar-refractivity contribution is 6.29. The van der Waals surface area contributed by atoms with Crippen LogP contribution in [0, 0.1) is 0 Å². The summed E-state index contributed by atoms with van der Waals surface area (Å²) < 4.78 is 27.3. The fraction of sp³-hybridized carbons (Fsp3) is 0.241. The van der Waals surface area contributed by atoms with Crippen molar-refractivity contribution in [1.82, 2.24) is 15.0 Å². The Morgan fingerprint density at radius 1 is 0.878 bits per heavy atom. The number of ether oxygens (including phenoxy) is 5. The number of amides is 1. The average Bonchev–Trinajstić information content (AvgIpc) is 3.44. The molecule has 0 spiro atoms. The van der Waals surface area contributed by atoms with Gasteiger partial charge in [0.05, 0.1) is 52.8 Å². The number of halogens is 1. The lowest BCUT2D eigenvalue weighted by Crippen LogP contribution is -2.17. The smallest absolute Gasteiger partial charge is 0.230 e. The molecule has 2 heterocycles. The van der Waals surface area contributed by atoms with Gasteiger partial charge in [-0.2, -0.15) is 10.1 Å². The number of aromatic nitrogens is 2. The third kappa shape index (κ3) is 5.36. The molecule has 0 radical (unpaired) electrons. The molecule has 11 nitrogen and oxygen atoms in total. The Kier molecular flexibility index (Phi) is 7.97. The van der Waals surface area contributed by atoms with Crippen LogP contribution in [0.15, 0.2) is 53.6 Å². The summed E-state index contributed by atoms with van der Waals surface area (Å²) in [5.74, 6) is 3.03. The van der Waals surface area contributed by atoms with Gasteiger partial charge in [0.25, 0.3) is 0 Å². The molecule has 3 aromatic carbocycles. The number of methoxy groups -OCH3 is 5. The maximum atomic E-state index is 12.0. The zero-order chi connectivity index (χ0) is 29.1. The Balaban J connectivity index is 1.46. The minimum absolute atomic E-state index is 0.0818. The van der Waals surface area contributed by atoms with Gasteiger partial charge in [0.15, 0.2) is 23.0 Å². The van der Waals surface area contributed by atoms with E-state index in [0.717, 1.165) is 22.5 Å². The largest absolute Gasteiger partial charge is 0.493 e. The van der Waals surface area contributed by atoms with Crippen molar-refractivity contribution >= 4 is 46.1 Å². The summed E-state index contributed by atoms with van der Waals surface area (Å²) in [4.78, 5) is 20.8. The highest BCUT2D eigenvalue weighted by Crippen LogP contribution is 2.43. The van der Waals surface area contributed by atoms with E-state index in [1.54, 1.807) is 47.7 Å². The summed E-state index contributed by atoms with van der Waals surface area (Å²) in [5.41, 5.74) is 3.70. The van der Waals surface area contributed by atoms with Crippen molar-refractivity contribution in [2.24, 2.45) is 5.10 Å². The van der Waals surface area contributed by atoms with Crippen LogP contribution in [0.5, 0.6) is 28.7 Å². The fourth-order valence-corrected chi connectivity index (χ4v) is 4.97. The number of benzene rings is 3. The molecule has 1 aliphatic rings. The second-order valence-electron chi connectivity index (χ2n) is 8.98. The topological polar surface area (TPSA) is 117 Å². The lowest BCUT2D eigenvalue weighted by Gasteiger charge is -2.20. The van der Waals surface area contributed by atoms with Gasteiger partial charge in [-0.25, -0.2) is 9.99 Å². The molecule has 0 saturated carbocycles. The average molecular weight is 578 g/mol. The SMILES string of the molecule is COc1cc2nc(Cl)nc(Nc3cccc(C4=NN(C=O)C(c5cc(OC)c(OC)c(OC)c5)C4)c3)c2cc1OC. The molecule has 1 aliphatic heterocycles. The van der Waals surface area contributed by atoms with Crippen molar-refractivity contribution in [3.05, 3.63) is 64.9 Å². The molecule has 0 saturated heterocycles. The van der Waals surface area contributed by atoms with Gasteiger partial charge in [-0.1, -0.05) is 12.1 Å². The van der Waals surface area contributed by atoms with Crippen molar-refractivity contribution in [3.63, 3.8) is 0 Å². The van der Waals surface area contributed by atoms with Crippen LogP contribution in [0.25, 0.3) is 10.9 Å². The number of hydrogen-bond donors (Lipinski definition) is 1. The lowest BCUT2D eigenvalue weighted by molar-refractivity contribution is -0.119. The number of nitrogens with zero attached hydrogens (tertiary/aromatic N) is 4. The van der Waals surface area contributed by atoms with Gasteiger partial charge in [0.2, 0.25) is 17.4 Å². The predicted octanol–water partition coefficient (Wildman–Crippen LogP) is 5.38. The number of anilines is 2. The van der Waals surface area contributed by atoms with E-state index in [0.29, 0.717) is 58.3 Å². The van der Waals surface area contributed by atoms with Crippen LogP contribution in [-0.4, -0.2) is 62.6 Å². The highest BCUT2D eigenvalue weighted by atomic mass is 35.5. The molecule has 12 heteroatoms. The fourth-order valence-electron chi connectivity index (χ4n) is 4.80. The van der Waals surface area contributed by atoms with Gasteiger partial charge >= 0.3 is 0 Å². The Morgan fingerprint density at radius 3 is 2.20 bits per heavy atom. The number of fused-ring (bicyclic) bond motifs is 1. The molecule has 41 heavy (non-hydrogen) atoms. The van der Waals surface area contributed by atoms with Gasteiger partial charge in [0.1, 0.15) is 5.82 Å². The van der Waals surface area contributed by atoms with Crippen molar-refractivity contribution in [2.75, 3.05) is 40.9 Å². The van der Waals surface area contributed by atoms with Crippen LogP contribution in [0.4, 0.5) is 11.5 Å². The quantitative estimate of drug-likeness (QED) is 0.196. The van der Waals surface area contributed by atoms with Gasteiger partial charge in [0, 0.05) is 23.6 Å². The lowest BCUT2D eigenvalue weighted by atomic mass is 9.97. The molecule has 212 valence electrons. The number of carbonyl (C=O) groups excluding carboxylic acids is 1. The first-order valence-electron chi connectivity index (χ1n) is 12.5.